The summed E-state index contributed by atoms with van der Waals surface area (Å²) in [6.07, 6.45) is -0.180. The predicted molar refractivity (Wildman–Crippen MR) is 130 cm³/mol. The molecule has 1 atom stereocenters. The third-order valence-corrected chi connectivity index (χ3v) is 6.71. The fourth-order valence-corrected chi connectivity index (χ4v) is 5.04. The van der Waals surface area contributed by atoms with Crippen molar-refractivity contribution in [3.63, 3.8) is 0 Å². The van der Waals surface area contributed by atoms with Crippen LogP contribution in [0.1, 0.15) is 38.8 Å². The molecule has 0 saturated heterocycles. The molecule has 1 heterocycles. The van der Waals surface area contributed by atoms with Gasteiger partial charge in [0, 0.05) is 22.2 Å². The SMILES string of the molecule is CC(C)OCC(C)(C)C(=O)C1=C(O)C(=O)N(c2cccc(Cl)c2)C12C(=O)Cc1cc(Cl)ccc12. The van der Waals surface area contributed by atoms with Gasteiger partial charge in [0.15, 0.2) is 22.9 Å². The average Bonchev–Trinajstić information content (AvgIpc) is 3.16. The molecule has 0 radical (unpaired) electrons. The largest absolute Gasteiger partial charge is 0.503 e. The van der Waals surface area contributed by atoms with E-state index in [1.54, 1.807) is 50.2 Å². The Kier molecular flexibility index (Phi) is 6.13. The number of anilines is 1. The first-order chi connectivity index (χ1) is 15.9. The van der Waals surface area contributed by atoms with Crippen LogP contribution in [0.25, 0.3) is 0 Å². The topological polar surface area (TPSA) is 83.9 Å². The van der Waals surface area contributed by atoms with Crippen LogP contribution >= 0.6 is 23.2 Å². The van der Waals surface area contributed by atoms with E-state index in [0.29, 0.717) is 26.9 Å². The molecule has 4 rings (SSSR count). The summed E-state index contributed by atoms with van der Waals surface area (Å²) in [6, 6.07) is 11.3. The minimum Gasteiger partial charge on any atom is -0.503 e. The Labute approximate surface area is 208 Å². The van der Waals surface area contributed by atoms with Crippen molar-refractivity contribution < 1.29 is 24.2 Å². The van der Waals surface area contributed by atoms with Crippen molar-refractivity contribution in [1.29, 1.82) is 0 Å². The van der Waals surface area contributed by atoms with E-state index in [4.69, 9.17) is 27.9 Å². The van der Waals surface area contributed by atoms with E-state index in [1.807, 2.05) is 13.8 Å². The van der Waals surface area contributed by atoms with Crippen molar-refractivity contribution >= 4 is 46.4 Å². The Hall–Kier alpha value is -2.67. The van der Waals surface area contributed by atoms with Crippen LogP contribution in [0.3, 0.4) is 0 Å². The molecule has 1 amide bonds. The van der Waals surface area contributed by atoms with Gasteiger partial charge < -0.3 is 9.84 Å². The fourth-order valence-electron chi connectivity index (χ4n) is 4.66. The number of hydrogen-bond donors (Lipinski definition) is 1. The molecule has 2 aromatic carbocycles. The molecule has 2 aliphatic rings. The molecule has 0 aromatic heterocycles. The molecule has 1 aliphatic carbocycles. The summed E-state index contributed by atoms with van der Waals surface area (Å²) in [4.78, 5) is 42.5. The highest BCUT2D eigenvalue weighted by Crippen LogP contribution is 2.53. The van der Waals surface area contributed by atoms with Crippen molar-refractivity contribution in [2.24, 2.45) is 5.41 Å². The lowest BCUT2D eigenvalue weighted by Crippen LogP contribution is -2.52. The van der Waals surface area contributed by atoms with Crippen LogP contribution in [0.15, 0.2) is 53.8 Å². The number of aliphatic hydroxyl groups excluding tert-OH is 1. The van der Waals surface area contributed by atoms with E-state index in [9.17, 15) is 19.5 Å². The molecular formula is C26H25Cl2NO5. The number of carbonyl (C=O) groups is 3. The molecule has 0 fully saturated rings. The standard InChI is InChI=1S/C26H25Cl2NO5/c1-14(2)34-13-25(3,4)23(32)21-22(31)24(33)29(18-7-5-6-16(27)12-18)26(21)19-9-8-17(28)10-15(19)11-20(26)30/h5-10,12,14,31H,11,13H2,1-4H3. The molecule has 8 heteroatoms. The van der Waals surface area contributed by atoms with Gasteiger partial charge in [-0.05, 0) is 55.3 Å². The minimum absolute atomic E-state index is 0.0450. The number of benzene rings is 2. The van der Waals surface area contributed by atoms with Gasteiger partial charge in [-0.15, -0.1) is 0 Å². The lowest BCUT2D eigenvalue weighted by Gasteiger charge is -2.38. The summed E-state index contributed by atoms with van der Waals surface area (Å²) in [5, 5.41) is 11.9. The number of halogens is 2. The van der Waals surface area contributed by atoms with Gasteiger partial charge in [0.2, 0.25) is 0 Å². The number of ether oxygens (including phenoxy) is 1. The first kappa shape index (κ1) is 24.5. The number of rotatable bonds is 6. The van der Waals surface area contributed by atoms with E-state index in [1.165, 1.54) is 11.0 Å². The Morgan fingerprint density at radius 3 is 2.47 bits per heavy atom. The van der Waals surface area contributed by atoms with Crippen molar-refractivity contribution in [2.75, 3.05) is 11.5 Å². The van der Waals surface area contributed by atoms with E-state index in [-0.39, 0.29) is 24.7 Å². The number of amides is 1. The molecule has 6 nitrogen and oxygen atoms in total. The van der Waals surface area contributed by atoms with Gasteiger partial charge in [-0.3, -0.25) is 19.3 Å². The summed E-state index contributed by atoms with van der Waals surface area (Å²) in [7, 11) is 0. The summed E-state index contributed by atoms with van der Waals surface area (Å²) in [6.45, 7) is 7.07. The first-order valence-electron chi connectivity index (χ1n) is 10.9. The molecule has 2 aromatic rings. The second-order valence-corrected chi connectivity index (χ2v) is 10.4. The highest BCUT2D eigenvalue weighted by atomic mass is 35.5. The van der Waals surface area contributed by atoms with E-state index >= 15 is 0 Å². The number of Topliss-reactive ketones (excluding diaryl/α,β-unsaturated/α-hetero) is 2. The molecule has 1 unspecified atom stereocenters. The Morgan fingerprint density at radius 1 is 1.15 bits per heavy atom. The Bertz CT molecular complexity index is 1250. The predicted octanol–water partition coefficient (Wildman–Crippen LogP) is 5.19. The molecule has 1 N–H and O–H groups in total. The molecule has 1 spiro atoms. The van der Waals surface area contributed by atoms with Crippen LogP contribution in [-0.2, 0) is 31.1 Å². The third kappa shape index (κ3) is 3.65. The van der Waals surface area contributed by atoms with E-state index in [0.717, 1.165) is 0 Å². The molecule has 34 heavy (non-hydrogen) atoms. The van der Waals surface area contributed by atoms with E-state index < -0.39 is 34.2 Å². The number of aliphatic hydroxyl groups is 1. The number of nitrogens with zero attached hydrogens (tertiary/aromatic N) is 1. The lowest BCUT2D eigenvalue weighted by atomic mass is 9.74. The van der Waals surface area contributed by atoms with Gasteiger partial charge in [0.05, 0.1) is 23.7 Å². The zero-order chi connectivity index (χ0) is 25.0. The van der Waals surface area contributed by atoms with Crippen molar-refractivity contribution in [3.8, 4) is 0 Å². The van der Waals surface area contributed by atoms with Crippen LogP contribution in [0.5, 0.6) is 0 Å². The third-order valence-electron chi connectivity index (χ3n) is 6.24. The molecule has 0 bridgehead atoms. The maximum absolute atomic E-state index is 14.0. The van der Waals surface area contributed by atoms with Crippen LogP contribution in [0.2, 0.25) is 10.0 Å². The van der Waals surface area contributed by atoms with Gasteiger partial charge >= 0.3 is 0 Å². The van der Waals surface area contributed by atoms with E-state index in [2.05, 4.69) is 0 Å². The van der Waals surface area contributed by atoms with Gasteiger partial charge in [-0.25, -0.2) is 0 Å². The second-order valence-electron chi connectivity index (χ2n) is 9.53. The lowest BCUT2D eigenvalue weighted by molar-refractivity contribution is -0.130. The van der Waals surface area contributed by atoms with Crippen LogP contribution < -0.4 is 4.90 Å². The van der Waals surface area contributed by atoms with Gasteiger partial charge in [-0.2, -0.15) is 0 Å². The highest BCUT2D eigenvalue weighted by Gasteiger charge is 2.64. The maximum Gasteiger partial charge on any atom is 0.295 e. The van der Waals surface area contributed by atoms with Gasteiger partial charge in [0.25, 0.3) is 5.91 Å². The summed E-state index contributed by atoms with van der Waals surface area (Å²) < 4.78 is 5.70. The molecular weight excluding hydrogens is 477 g/mol. The van der Waals surface area contributed by atoms with Crippen molar-refractivity contribution in [2.45, 2.75) is 45.8 Å². The van der Waals surface area contributed by atoms with Crippen molar-refractivity contribution in [1.82, 2.24) is 0 Å². The average molecular weight is 502 g/mol. The fraction of sp³-hybridized carbons (Fsp3) is 0.346. The summed E-state index contributed by atoms with van der Waals surface area (Å²) in [5.74, 6) is -2.55. The zero-order valence-electron chi connectivity index (χ0n) is 19.3. The molecule has 0 saturated carbocycles. The van der Waals surface area contributed by atoms with Gasteiger partial charge in [-0.1, -0.05) is 49.2 Å². The zero-order valence-corrected chi connectivity index (χ0v) is 20.8. The smallest absolute Gasteiger partial charge is 0.295 e. The number of fused-ring (bicyclic) bond motifs is 2. The number of carbonyl (C=O) groups excluding carboxylic acids is 3. The first-order valence-corrected chi connectivity index (χ1v) is 11.7. The number of hydrogen-bond acceptors (Lipinski definition) is 5. The van der Waals surface area contributed by atoms with Crippen LogP contribution in [0, 0.1) is 5.41 Å². The van der Waals surface area contributed by atoms with Gasteiger partial charge in [0.1, 0.15) is 0 Å². The normalized spacial score (nSPS) is 20.1. The number of ketones is 2. The summed E-state index contributed by atoms with van der Waals surface area (Å²) in [5.41, 5.74) is -1.89. The Morgan fingerprint density at radius 2 is 1.82 bits per heavy atom. The monoisotopic (exact) mass is 501 g/mol. The van der Waals surface area contributed by atoms with Crippen LogP contribution in [-0.4, -0.2) is 35.3 Å². The molecule has 178 valence electrons. The summed E-state index contributed by atoms with van der Waals surface area (Å²) >= 11 is 12.4. The van der Waals surface area contributed by atoms with Crippen molar-refractivity contribution in [3.05, 3.63) is 75.0 Å². The van der Waals surface area contributed by atoms with Crippen LogP contribution in [0.4, 0.5) is 5.69 Å². The highest BCUT2D eigenvalue weighted by molar-refractivity contribution is 6.32. The maximum atomic E-state index is 14.0. The quantitative estimate of drug-likeness (QED) is 0.588. The Balaban J connectivity index is 1.99. The second kappa shape index (κ2) is 8.52. The minimum atomic E-state index is -1.84. The molecule has 1 aliphatic heterocycles.